The van der Waals surface area contributed by atoms with E-state index in [1.807, 2.05) is 27.7 Å². The standard InChI is InChI=1S/C58H90O29S.Na/c1-23(2)10-9-15-57(8)47-27(61)18-56(7)26-11-12-32-54(4,5)33(14-16-55(32,6)25(26)13-17-58(47,56)53(72)86-57)81-51-45(37(66)31(22-77-51)87-88(73,74)75)85-52-46(84-48-39(68)34(63)28(62)21-76-48)41(70)43(24(3)78-52)82-50-42(71)44(36(65)30(20-60)80-50)83-49-40(69)38(67)35(64)29(19-59)79-49;/h11,24-25,28-52,59-60,62-71H,1,9-10,12-22H2,2-8H3,(H,73,74,75);/q;+1/p-1/t24-,25?,28-,29-,30-,31-,32?,33+,34+,35-,36-,37+,38+,39-,40-,41+,42-,43-,44+,45-,46-,47?,48+,49+,50+,51+,52+,55-,56+,57+,58?;/m1./s1. The van der Waals surface area contributed by atoms with Crippen LogP contribution in [-0.4, -0.2) is 265 Å². The Morgan fingerprint density at radius 3 is 1.93 bits per heavy atom. The van der Waals surface area contributed by atoms with Crippen molar-refractivity contribution in [3.8, 4) is 0 Å². The molecule has 12 N–H and O–H groups in total. The Bertz CT molecular complexity index is 2690. The normalized spacial score (nSPS) is 50.6. The van der Waals surface area contributed by atoms with Gasteiger partial charge in [0.25, 0.3) is 0 Å². The second-order valence-corrected chi connectivity index (χ2v) is 28.4. The number of hydrogen-bond donors (Lipinski definition) is 12. The summed E-state index contributed by atoms with van der Waals surface area (Å²) >= 11 is 0. The average molecular weight is 1310 g/mol. The smallest absolute Gasteiger partial charge is 0.726 e. The summed E-state index contributed by atoms with van der Waals surface area (Å²) in [5, 5.41) is 131. The van der Waals surface area contributed by atoms with Crippen LogP contribution in [-0.2, 0) is 76.3 Å². The van der Waals surface area contributed by atoms with E-state index in [1.165, 1.54) is 6.92 Å². The molecule has 31 heteroatoms. The van der Waals surface area contributed by atoms with E-state index in [4.69, 9.17) is 56.3 Å². The molecule has 9 fully saturated rings. The maximum absolute atomic E-state index is 14.5. The van der Waals surface area contributed by atoms with Crippen LogP contribution in [0.1, 0.15) is 106 Å². The molecule has 0 bridgehead atoms. The number of aliphatic hydroxyl groups excluding tert-OH is 12. The Morgan fingerprint density at radius 1 is 0.685 bits per heavy atom. The van der Waals surface area contributed by atoms with Gasteiger partial charge in [0, 0.05) is 11.8 Å². The van der Waals surface area contributed by atoms with Gasteiger partial charge in [-0.2, -0.15) is 0 Å². The minimum absolute atomic E-state index is 0. The number of aliphatic hydroxyl groups is 12. The van der Waals surface area contributed by atoms with Crippen molar-refractivity contribution in [2.75, 3.05) is 26.4 Å². The molecule has 0 aromatic carbocycles. The minimum atomic E-state index is -5.53. The second-order valence-electron chi connectivity index (χ2n) is 27.4. The van der Waals surface area contributed by atoms with Crippen molar-refractivity contribution >= 4 is 22.2 Å². The topological polar surface area (TPSA) is 445 Å². The van der Waals surface area contributed by atoms with Gasteiger partial charge < -0.3 is 118 Å². The number of esters is 1. The van der Waals surface area contributed by atoms with Gasteiger partial charge in [-0.3, -0.25) is 13.8 Å². The molecule has 10 rings (SSSR count). The van der Waals surface area contributed by atoms with E-state index in [1.54, 1.807) is 0 Å². The number of cyclic esters (lactones) is 1. The Balaban J connectivity index is 0.00000941. The fourth-order valence-corrected chi connectivity index (χ4v) is 17.4. The molecule has 6 aliphatic heterocycles. The van der Waals surface area contributed by atoms with Gasteiger partial charge in [0.1, 0.15) is 115 Å². The van der Waals surface area contributed by atoms with Gasteiger partial charge >= 0.3 is 35.5 Å². The van der Waals surface area contributed by atoms with Gasteiger partial charge in [0.15, 0.2) is 31.5 Å². The van der Waals surface area contributed by atoms with Gasteiger partial charge in [0.2, 0.25) is 10.4 Å². The number of ether oxygens (including phenoxy) is 11. The maximum Gasteiger partial charge on any atom is 1.00 e. The third kappa shape index (κ3) is 12.7. The Kier molecular flexibility index (Phi) is 21.7. The monoisotopic (exact) mass is 1300 g/mol. The van der Waals surface area contributed by atoms with Gasteiger partial charge in [0.05, 0.1) is 50.0 Å². The third-order valence-electron chi connectivity index (χ3n) is 21.6. The van der Waals surface area contributed by atoms with Crippen molar-refractivity contribution in [2.45, 2.75) is 259 Å². The van der Waals surface area contributed by atoms with Crippen molar-refractivity contribution in [3.05, 3.63) is 23.8 Å². The zero-order valence-electron chi connectivity index (χ0n) is 51.3. The van der Waals surface area contributed by atoms with Gasteiger partial charge in [-0.05, 0) is 94.8 Å². The molecule has 0 aromatic heterocycles. The molecule has 89 heavy (non-hydrogen) atoms. The van der Waals surface area contributed by atoms with E-state index in [-0.39, 0.29) is 59.6 Å². The molecule has 1 spiro atoms. The summed E-state index contributed by atoms with van der Waals surface area (Å²) in [7, 11) is -5.53. The number of hydrogen-bond acceptors (Lipinski definition) is 29. The number of fused-ring (bicyclic) bond motifs is 4. The molecular weight excluding hydrogens is 1220 g/mol. The van der Waals surface area contributed by atoms with Gasteiger partial charge in [-0.25, -0.2) is 8.42 Å². The molecule has 3 saturated carbocycles. The molecule has 4 aliphatic carbocycles. The first kappa shape index (κ1) is 71.9. The van der Waals surface area contributed by atoms with E-state index in [2.05, 4.69) is 26.5 Å². The summed E-state index contributed by atoms with van der Waals surface area (Å²) in [5.74, 6) is -1.02. The summed E-state index contributed by atoms with van der Waals surface area (Å²) in [6, 6.07) is 0. The molecular formula is C58H89NaO29S. The zero-order chi connectivity index (χ0) is 64.3. The fourth-order valence-electron chi connectivity index (χ4n) is 17.0. The number of Topliss-reactive ketones (excluding diaryl/α,β-unsaturated/α-hetero) is 1. The molecule has 502 valence electrons. The molecule has 6 heterocycles. The second kappa shape index (κ2) is 26.9. The molecule has 0 amide bonds. The molecule has 10 aliphatic rings. The number of carbonyl (C=O) groups is 2. The summed E-state index contributed by atoms with van der Waals surface area (Å²) < 4.78 is 108. The van der Waals surface area contributed by atoms with E-state index < -0.39 is 217 Å². The molecule has 29 nitrogen and oxygen atoms in total. The van der Waals surface area contributed by atoms with Crippen LogP contribution >= 0.6 is 0 Å². The first-order valence-corrected chi connectivity index (χ1v) is 31.8. The molecule has 0 aromatic rings. The molecule has 6 saturated heterocycles. The summed E-state index contributed by atoms with van der Waals surface area (Å²) in [4.78, 5) is 28.9. The number of ketones is 1. The van der Waals surface area contributed by atoms with Crippen LogP contribution in [0, 0.1) is 39.4 Å². The van der Waals surface area contributed by atoms with E-state index in [9.17, 15) is 83.8 Å². The average Bonchev–Trinajstić information content (AvgIpc) is 1.53. The van der Waals surface area contributed by atoms with Crippen LogP contribution in [0.3, 0.4) is 0 Å². The summed E-state index contributed by atoms with van der Waals surface area (Å²) in [5.41, 5.74) is -1.80. The SMILES string of the molecule is C=C(C)CCC[C@]1(C)OC(=O)C23CCC4C(=CCC5C(C)(C)[C@@H](O[C@@H]6OC[C@@H](OS(=O)(=O)[O-])[C@H](O)[C@H]6O[C@@H]6O[C@H](C)[C@@H](O[C@@H]7O[C@H](CO)[C@@H](O)[C@H](O[C@@H]8O[C@H](CO)[C@@H](O)[C@H](O)[C@H]8O)[C@H]7O)[C@H](O)[C@H]6O[C@@H]6OC[C@@H](O)[C@H](O)[C@H]6O)CC[C@]45C)[C@]2(C)CC(=O)C31.[Na+]. The number of carbonyl (C=O) groups excluding carboxylic acids is 2. The Morgan fingerprint density at radius 2 is 1.28 bits per heavy atom. The number of rotatable bonds is 18. The van der Waals surface area contributed by atoms with Crippen LogP contribution < -0.4 is 29.6 Å². The van der Waals surface area contributed by atoms with Crippen molar-refractivity contribution in [3.63, 3.8) is 0 Å². The Labute approximate surface area is 538 Å². The van der Waals surface area contributed by atoms with E-state index in [0.717, 1.165) is 24.0 Å². The van der Waals surface area contributed by atoms with Gasteiger partial charge in [-0.15, -0.1) is 6.58 Å². The largest absolute Gasteiger partial charge is 1.00 e. The first-order valence-electron chi connectivity index (χ1n) is 30.4. The van der Waals surface area contributed by atoms with Gasteiger partial charge in [-0.1, -0.05) is 44.9 Å². The summed E-state index contributed by atoms with van der Waals surface area (Å²) in [6.07, 6.45) is -36.4. The van der Waals surface area contributed by atoms with E-state index in [0.29, 0.717) is 38.5 Å². The third-order valence-corrected chi connectivity index (χ3v) is 22.1. The molecule has 0 radical (unpaired) electrons. The van der Waals surface area contributed by atoms with Crippen LogP contribution in [0.15, 0.2) is 23.8 Å². The van der Waals surface area contributed by atoms with E-state index >= 15 is 0 Å². The quantitative estimate of drug-likeness (QED) is 0.0200. The zero-order valence-corrected chi connectivity index (χ0v) is 54.1. The molecule has 4 unspecified atom stereocenters. The fraction of sp³-hybridized carbons (Fsp3) is 0.897. The van der Waals surface area contributed by atoms with Crippen LogP contribution in [0.4, 0.5) is 0 Å². The van der Waals surface area contributed by atoms with Crippen molar-refractivity contribution in [2.24, 2.45) is 39.4 Å². The number of allylic oxidation sites excluding steroid dienone is 3. The van der Waals surface area contributed by atoms with Crippen molar-refractivity contribution in [1.29, 1.82) is 0 Å². The molecule has 31 atom stereocenters. The maximum atomic E-state index is 14.5. The van der Waals surface area contributed by atoms with Crippen LogP contribution in [0.2, 0.25) is 0 Å². The van der Waals surface area contributed by atoms with Crippen molar-refractivity contribution < 1.29 is 170 Å². The summed E-state index contributed by atoms with van der Waals surface area (Å²) in [6.45, 7) is 14.4. The van der Waals surface area contributed by atoms with Crippen LogP contribution in [0.25, 0.3) is 0 Å². The first-order chi connectivity index (χ1) is 41.2. The van der Waals surface area contributed by atoms with Crippen molar-refractivity contribution in [1.82, 2.24) is 0 Å². The predicted molar refractivity (Wildman–Crippen MR) is 291 cm³/mol. The van der Waals surface area contributed by atoms with Crippen LogP contribution in [0.5, 0.6) is 0 Å². The predicted octanol–water partition coefficient (Wildman–Crippen LogP) is -5.91. The minimum Gasteiger partial charge on any atom is -0.726 e. The Hall–Kier alpha value is -1.39.